The van der Waals surface area contributed by atoms with Crippen molar-refractivity contribution in [3.8, 4) is 11.1 Å². The molecule has 1 amide bonds. The summed E-state index contributed by atoms with van der Waals surface area (Å²) in [5.74, 6) is 4.95. The van der Waals surface area contributed by atoms with Gasteiger partial charge < -0.3 is 0 Å². The van der Waals surface area contributed by atoms with Crippen LogP contribution >= 0.6 is 0 Å². The van der Waals surface area contributed by atoms with Crippen LogP contribution in [0.4, 0.5) is 0 Å². The van der Waals surface area contributed by atoms with E-state index in [-0.39, 0.29) is 18.0 Å². The molecule has 0 aliphatic carbocycles. The van der Waals surface area contributed by atoms with Crippen LogP contribution in [-0.2, 0) is 4.79 Å². The van der Waals surface area contributed by atoms with Crippen molar-refractivity contribution < 1.29 is 4.79 Å². The van der Waals surface area contributed by atoms with Crippen LogP contribution in [0.1, 0.15) is 18.0 Å². The summed E-state index contributed by atoms with van der Waals surface area (Å²) in [4.78, 5) is 11.5. The van der Waals surface area contributed by atoms with E-state index < -0.39 is 0 Å². The normalized spacial score (nSPS) is 21.2. The van der Waals surface area contributed by atoms with Gasteiger partial charge in [-0.3, -0.25) is 10.2 Å². The molecule has 2 aromatic carbocycles. The zero-order valence-electron chi connectivity index (χ0n) is 11.5. The second-order valence-corrected chi connectivity index (χ2v) is 5.13. The van der Waals surface area contributed by atoms with Gasteiger partial charge in [-0.1, -0.05) is 54.6 Å². The molecule has 1 fully saturated rings. The molecule has 108 valence electrons. The number of hydrogen-bond donors (Lipinski definition) is 4. The topological polar surface area (TPSA) is 79.2 Å². The lowest BCUT2D eigenvalue weighted by Crippen LogP contribution is -2.45. The predicted molar refractivity (Wildman–Crippen MR) is 81.6 cm³/mol. The minimum atomic E-state index is -0.297. The van der Waals surface area contributed by atoms with Crippen molar-refractivity contribution >= 4 is 5.91 Å². The summed E-state index contributed by atoms with van der Waals surface area (Å²) in [6.45, 7) is 0. The molecule has 2 atom stereocenters. The monoisotopic (exact) mass is 282 g/mol. The summed E-state index contributed by atoms with van der Waals surface area (Å²) >= 11 is 0. The molecular formula is C16H18N4O. The first-order valence-electron chi connectivity index (χ1n) is 6.95. The number of benzene rings is 2. The Balaban J connectivity index is 1.72. The Kier molecular flexibility index (Phi) is 3.96. The maximum atomic E-state index is 11.5. The third kappa shape index (κ3) is 2.95. The van der Waals surface area contributed by atoms with E-state index in [1.165, 1.54) is 11.1 Å². The summed E-state index contributed by atoms with van der Waals surface area (Å²) < 4.78 is 0. The van der Waals surface area contributed by atoms with Crippen LogP contribution in [0.3, 0.4) is 0 Å². The van der Waals surface area contributed by atoms with Crippen molar-refractivity contribution in [3.05, 3.63) is 60.2 Å². The zero-order valence-corrected chi connectivity index (χ0v) is 11.5. The summed E-state index contributed by atoms with van der Waals surface area (Å²) in [6.07, 6.45) is 0.674. The third-order valence-corrected chi connectivity index (χ3v) is 3.78. The van der Waals surface area contributed by atoms with Crippen LogP contribution in [0.15, 0.2) is 54.6 Å². The molecule has 1 aliphatic rings. The SMILES string of the molecule is NNC(=O)C1CC(c2ccc(-c3ccccc3)cc2)NN1. The number of carbonyl (C=O) groups excluding carboxylic acids is 1. The first-order chi connectivity index (χ1) is 10.3. The number of amides is 1. The molecule has 1 aliphatic heterocycles. The summed E-state index contributed by atoms with van der Waals surface area (Å²) in [5, 5.41) is 0. The molecule has 0 bridgehead atoms. The molecule has 5 nitrogen and oxygen atoms in total. The average Bonchev–Trinajstić information content (AvgIpc) is 3.05. The van der Waals surface area contributed by atoms with Gasteiger partial charge in [0, 0.05) is 6.04 Å². The summed E-state index contributed by atoms with van der Waals surface area (Å²) in [5.41, 5.74) is 11.8. The van der Waals surface area contributed by atoms with Gasteiger partial charge in [0.25, 0.3) is 5.91 Å². The highest BCUT2D eigenvalue weighted by molar-refractivity contribution is 5.81. The molecule has 2 aromatic rings. The highest BCUT2D eigenvalue weighted by atomic mass is 16.2. The number of nitrogens with two attached hydrogens (primary N) is 1. The maximum Gasteiger partial charge on any atom is 0.252 e. The van der Waals surface area contributed by atoms with Crippen LogP contribution in [0.25, 0.3) is 11.1 Å². The fraction of sp³-hybridized carbons (Fsp3) is 0.188. The van der Waals surface area contributed by atoms with Crippen molar-refractivity contribution in [2.24, 2.45) is 5.84 Å². The van der Waals surface area contributed by atoms with Gasteiger partial charge in [0.1, 0.15) is 6.04 Å². The lowest BCUT2D eigenvalue weighted by molar-refractivity contribution is -0.122. The molecule has 1 heterocycles. The van der Waals surface area contributed by atoms with Gasteiger partial charge in [0.05, 0.1) is 0 Å². The quantitative estimate of drug-likeness (QED) is 0.388. The molecule has 0 spiro atoms. The first-order valence-corrected chi connectivity index (χ1v) is 6.95. The van der Waals surface area contributed by atoms with Gasteiger partial charge in [-0.05, 0) is 23.1 Å². The van der Waals surface area contributed by atoms with Crippen LogP contribution in [0.5, 0.6) is 0 Å². The second-order valence-electron chi connectivity index (χ2n) is 5.13. The fourth-order valence-electron chi connectivity index (χ4n) is 2.59. The lowest BCUT2D eigenvalue weighted by atomic mass is 9.98. The molecule has 21 heavy (non-hydrogen) atoms. The van der Waals surface area contributed by atoms with E-state index in [0.29, 0.717) is 6.42 Å². The van der Waals surface area contributed by atoms with E-state index in [4.69, 9.17) is 5.84 Å². The van der Waals surface area contributed by atoms with Crippen LogP contribution in [0.2, 0.25) is 0 Å². The number of hydrazine groups is 2. The van der Waals surface area contributed by atoms with Gasteiger partial charge in [0.15, 0.2) is 0 Å². The largest absolute Gasteiger partial charge is 0.293 e. The number of hydrogen-bond acceptors (Lipinski definition) is 4. The Bertz CT molecular complexity index is 612. The Morgan fingerprint density at radius 1 is 1.00 bits per heavy atom. The Morgan fingerprint density at radius 3 is 2.33 bits per heavy atom. The number of carbonyl (C=O) groups is 1. The lowest BCUT2D eigenvalue weighted by Gasteiger charge is -2.10. The van der Waals surface area contributed by atoms with E-state index in [9.17, 15) is 4.79 Å². The van der Waals surface area contributed by atoms with Crippen molar-refractivity contribution in [1.82, 2.24) is 16.3 Å². The molecule has 5 N–H and O–H groups in total. The van der Waals surface area contributed by atoms with E-state index in [0.717, 1.165) is 5.56 Å². The van der Waals surface area contributed by atoms with E-state index in [1.54, 1.807) is 0 Å². The standard InChI is InChI=1S/C16H18N4O/c17-18-16(21)15-10-14(19-20-15)13-8-6-12(7-9-13)11-4-2-1-3-5-11/h1-9,14-15,19-20H,10,17H2,(H,18,21). The van der Waals surface area contributed by atoms with E-state index >= 15 is 0 Å². The molecule has 1 saturated heterocycles. The molecular weight excluding hydrogens is 264 g/mol. The molecule has 5 heteroatoms. The van der Waals surface area contributed by atoms with Gasteiger partial charge in [-0.25, -0.2) is 16.7 Å². The summed E-state index contributed by atoms with van der Waals surface area (Å²) in [7, 11) is 0. The minimum absolute atomic E-state index is 0.108. The fourth-order valence-corrected chi connectivity index (χ4v) is 2.59. The first kappa shape index (κ1) is 13.8. The summed E-state index contributed by atoms with van der Waals surface area (Å²) in [6, 6.07) is 18.4. The highest BCUT2D eigenvalue weighted by Gasteiger charge is 2.29. The second kappa shape index (κ2) is 6.05. The molecule has 2 unspecified atom stereocenters. The number of nitrogens with one attached hydrogen (secondary N) is 3. The van der Waals surface area contributed by atoms with Crippen LogP contribution < -0.4 is 22.1 Å². The molecule has 0 saturated carbocycles. The van der Waals surface area contributed by atoms with Crippen molar-refractivity contribution in [1.29, 1.82) is 0 Å². The Labute approximate surface area is 123 Å². The van der Waals surface area contributed by atoms with Gasteiger partial charge in [-0.15, -0.1) is 0 Å². The smallest absolute Gasteiger partial charge is 0.252 e. The van der Waals surface area contributed by atoms with Gasteiger partial charge in [-0.2, -0.15) is 0 Å². The molecule has 0 radical (unpaired) electrons. The third-order valence-electron chi connectivity index (χ3n) is 3.78. The Hall–Kier alpha value is -2.21. The van der Waals surface area contributed by atoms with Crippen molar-refractivity contribution in [2.45, 2.75) is 18.5 Å². The van der Waals surface area contributed by atoms with Crippen molar-refractivity contribution in [2.75, 3.05) is 0 Å². The average molecular weight is 282 g/mol. The van der Waals surface area contributed by atoms with Crippen LogP contribution in [0, 0.1) is 0 Å². The molecule has 0 aromatic heterocycles. The Morgan fingerprint density at radius 2 is 1.67 bits per heavy atom. The van der Waals surface area contributed by atoms with Crippen LogP contribution in [-0.4, -0.2) is 11.9 Å². The van der Waals surface area contributed by atoms with E-state index in [2.05, 4.69) is 52.7 Å². The zero-order chi connectivity index (χ0) is 14.7. The minimum Gasteiger partial charge on any atom is -0.293 e. The van der Waals surface area contributed by atoms with Crippen molar-refractivity contribution in [3.63, 3.8) is 0 Å². The maximum absolute atomic E-state index is 11.5. The van der Waals surface area contributed by atoms with E-state index in [1.807, 2.05) is 18.2 Å². The highest BCUT2D eigenvalue weighted by Crippen LogP contribution is 2.25. The molecule has 3 rings (SSSR count). The van der Waals surface area contributed by atoms with Gasteiger partial charge >= 0.3 is 0 Å². The predicted octanol–water partition coefficient (Wildman–Crippen LogP) is 1.25. The number of rotatable bonds is 3. The van der Waals surface area contributed by atoms with Gasteiger partial charge in [0.2, 0.25) is 0 Å².